The van der Waals surface area contributed by atoms with Crippen LogP contribution in [0.3, 0.4) is 0 Å². The number of esters is 2. The van der Waals surface area contributed by atoms with Gasteiger partial charge in [-0.15, -0.1) is 0 Å². The molecule has 0 aliphatic rings. The largest absolute Gasteiger partial charge is 0.477 e. The Balaban J connectivity index is 4.24. The molecule has 0 bridgehead atoms. The smallest absolute Gasteiger partial charge is 0.361 e. The molecule has 2 unspecified atom stereocenters. The van der Waals surface area contributed by atoms with Gasteiger partial charge >= 0.3 is 17.9 Å². The summed E-state index contributed by atoms with van der Waals surface area (Å²) in [6.07, 6.45) is 85.9. The number of carboxylic acid groups (broad SMARTS) is 1. The molecule has 0 aromatic rings. The summed E-state index contributed by atoms with van der Waals surface area (Å²) in [6.45, 7) is 4.55. The van der Waals surface area contributed by atoms with Gasteiger partial charge in [0.25, 0.3) is 6.29 Å². The Bertz CT molecular complexity index is 1900. The van der Waals surface area contributed by atoms with E-state index in [2.05, 4.69) is 184 Å². The first-order chi connectivity index (χ1) is 38.6. The van der Waals surface area contributed by atoms with Gasteiger partial charge in [0.1, 0.15) is 13.2 Å². The van der Waals surface area contributed by atoms with Crippen LogP contribution in [0.4, 0.5) is 0 Å². The van der Waals surface area contributed by atoms with E-state index in [-0.39, 0.29) is 32.7 Å². The Labute approximate surface area is 482 Å². The fourth-order valence-electron chi connectivity index (χ4n) is 7.38. The van der Waals surface area contributed by atoms with Gasteiger partial charge < -0.3 is 28.5 Å². The van der Waals surface area contributed by atoms with Crippen LogP contribution in [0.2, 0.25) is 0 Å². The molecule has 0 aromatic carbocycles. The first-order valence-corrected chi connectivity index (χ1v) is 30.3. The number of hydrogen-bond donors (Lipinski definition) is 1. The van der Waals surface area contributed by atoms with Crippen molar-refractivity contribution in [1.82, 2.24) is 0 Å². The fraction of sp³-hybridized carbons (Fsp3) is 0.557. The van der Waals surface area contributed by atoms with Crippen LogP contribution in [-0.2, 0) is 33.3 Å². The number of carbonyl (C=O) groups excluding carboxylic acids is 2. The molecule has 0 amide bonds. The minimum absolute atomic E-state index is 0.170. The molecule has 0 aliphatic carbocycles. The van der Waals surface area contributed by atoms with E-state index in [1.54, 1.807) is 0 Å². The van der Waals surface area contributed by atoms with Gasteiger partial charge in [-0.1, -0.05) is 223 Å². The van der Waals surface area contributed by atoms with Crippen molar-refractivity contribution in [1.29, 1.82) is 0 Å². The zero-order chi connectivity index (χ0) is 57.6. The molecule has 79 heavy (non-hydrogen) atoms. The summed E-state index contributed by atoms with van der Waals surface area (Å²) in [6, 6.07) is 0. The molecule has 0 aliphatic heterocycles. The van der Waals surface area contributed by atoms with Crippen LogP contribution >= 0.6 is 0 Å². The van der Waals surface area contributed by atoms with E-state index in [9.17, 15) is 19.5 Å². The second-order valence-electron chi connectivity index (χ2n) is 20.5. The average Bonchev–Trinajstić information content (AvgIpc) is 3.42. The van der Waals surface area contributed by atoms with E-state index < -0.39 is 30.3 Å². The number of likely N-dealkylation sites (N-methyl/N-ethyl adjacent to an activating group) is 1. The number of carboxylic acids is 1. The van der Waals surface area contributed by atoms with Crippen LogP contribution in [0.25, 0.3) is 0 Å². The van der Waals surface area contributed by atoms with Gasteiger partial charge in [-0.3, -0.25) is 9.59 Å². The minimum atomic E-state index is -1.53. The maximum absolute atomic E-state index is 12.9. The van der Waals surface area contributed by atoms with Gasteiger partial charge in [-0.05, 0) is 128 Å². The molecule has 9 nitrogen and oxygen atoms in total. The SMILES string of the molecule is CC/C=C\C/C=C\C/C=C\C/C=C\C/C=C\C/C=C\C/C=C\C/C=C\C/C=C\C/C=C\CCCCCCCCCCC(=O)OC(COC(=O)CCCC/C=C\C/C=C\C/C=C\C/C=C\CC)COC(OCC[N+](C)(C)C)C(=O)O. The maximum Gasteiger partial charge on any atom is 0.361 e. The monoisotopic (exact) mass is 1090 g/mol. The van der Waals surface area contributed by atoms with Crippen molar-refractivity contribution in [3.8, 4) is 0 Å². The Morgan fingerprint density at radius 1 is 0.380 bits per heavy atom. The zero-order valence-corrected chi connectivity index (χ0v) is 50.2. The Kier molecular flexibility index (Phi) is 54.8. The topological polar surface area (TPSA) is 108 Å². The lowest BCUT2D eigenvalue weighted by molar-refractivity contribution is -0.870. The summed E-state index contributed by atoms with van der Waals surface area (Å²) in [4.78, 5) is 37.4. The van der Waals surface area contributed by atoms with Crippen LogP contribution in [0.15, 0.2) is 170 Å². The summed E-state index contributed by atoms with van der Waals surface area (Å²) in [5.41, 5.74) is 0. The molecule has 0 radical (unpaired) electrons. The van der Waals surface area contributed by atoms with E-state index in [4.69, 9.17) is 18.9 Å². The maximum atomic E-state index is 12.9. The standard InChI is InChI=1S/C70H109NO8/c1-6-8-10-12-14-16-18-20-22-23-24-25-26-27-28-29-30-31-32-33-34-35-36-37-38-39-40-41-42-43-44-45-47-49-51-53-55-57-59-61-68(73)79-66(65-78-70(69(74)75)76-63-62-71(3,4)5)64-77-67(72)60-58-56-54-52-50-48-46-21-19-17-15-13-11-9-7-2/h8-11,14-17,20-22,24-25,27-28,30-31,33-34,36-37,39-40,42-43,46,50,52,66,70H,6-7,12-13,18-19,23,26,29,32,35,38,41,44-45,47-49,51,53-65H2,1-5H3/p+1/b10-8-,11-9-,16-14-,17-15-,22-20-,25-24-,28-27-,31-30-,34-33-,37-36-,40-39-,43-42-,46-21-,52-50-. The third kappa shape index (κ3) is 60.1. The fourth-order valence-corrected chi connectivity index (χ4v) is 7.38. The molecule has 0 saturated heterocycles. The molecule has 0 aromatic heterocycles. The molecule has 0 heterocycles. The lowest BCUT2D eigenvalue weighted by Gasteiger charge is -2.25. The number of allylic oxidation sites excluding steroid dienone is 28. The quantitative estimate of drug-likeness (QED) is 0.0211. The summed E-state index contributed by atoms with van der Waals surface area (Å²) in [5.74, 6) is -2.10. The molecular weight excluding hydrogens is 983 g/mol. The second kappa shape index (κ2) is 58.8. The van der Waals surface area contributed by atoms with Gasteiger partial charge in [0.05, 0.1) is 34.4 Å². The van der Waals surface area contributed by atoms with Crippen molar-refractivity contribution in [2.75, 3.05) is 47.5 Å². The number of quaternary nitrogens is 1. The Morgan fingerprint density at radius 2 is 0.684 bits per heavy atom. The van der Waals surface area contributed by atoms with Crippen LogP contribution in [0, 0.1) is 0 Å². The van der Waals surface area contributed by atoms with E-state index in [1.807, 2.05) is 21.1 Å². The zero-order valence-electron chi connectivity index (χ0n) is 50.2. The predicted molar refractivity (Wildman–Crippen MR) is 336 cm³/mol. The van der Waals surface area contributed by atoms with Gasteiger partial charge in [0.2, 0.25) is 0 Å². The lowest BCUT2D eigenvalue weighted by Crippen LogP contribution is -2.40. The number of nitrogens with zero attached hydrogens (tertiary/aromatic N) is 1. The molecule has 1 N–H and O–H groups in total. The van der Waals surface area contributed by atoms with Crippen LogP contribution in [-0.4, -0.2) is 87.4 Å². The molecule has 9 heteroatoms. The molecule has 0 rings (SSSR count). The number of rotatable bonds is 53. The van der Waals surface area contributed by atoms with Crippen molar-refractivity contribution in [2.24, 2.45) is 0 Å². The summed E-state index contributed by atoms with van der Waals surface area (Å²) in [5, 5.41) is 9.69. The van der Waals surface area contributed by atoms with E-state index >= 15 is 0 Å². The third-order valence-electron chi connectivity index (χ3n) is 12.0. The highest BCUT2D eigenvalue weighted by Crippen LogP contribution is 2.13. The first-order valence-electron chi connectivity index (χ1n) is 30.3. The number of hydrogen-bond acceptors (Lipinski definition) is 7. The van der Waals surface area contributed by atoms with Crippen LogP contribution < -0.4 is 0 Å². The lowest BCUT2D eigenvalue weighted by atomic mass is 10.1. The van der Waals surface area contributed by atoms with Gasteiger partial charge in [-0.25, -0.2) is 4.79 Å². The van der Waals surface area contributed by atoms with E-state index in [1.165, 1.54) is 25.7 Å². The van der Waals surface area contributed by atoms with Crippen molar-refractivity contribution in [3.05, 3.63) is 170 Å². The summed E-state index contributed by atoms with van der Waals surface area (Å²) >= 11 is 0. The number of carbonyl (C=O) groups is 3. The molecule has 0 spiro atoms. The molecule has 442 valence electrons. The summed E-state index contributed by atoms with van der Waals surface area (Å²) < 4.78 is 22.8. The van der Waals surface area contributed by atoms with Crippen LogP contribution in [0.1, 0.15) is 194 Å². The highest BCUT2D eigenvalue weighted by Gasteiger charge is 2.25. The first kappa shape index (κ1) is 73.7. The highest BCUT2D eigenvalue weighted by atomic mass is 16.7. The van der Waals surface area contributed by atoms with Gasteiger partial charge in [0, 0.05) is 12.8 Å². The van der Waals surface area contributed by atoms with E-state index in [0.29, 0.717) is 23.9 Å². The highest BCUT2D eigenvalue weighted by molar-refractivity contribution is 5.71. The Hall–Kier alpha value is -5.35. The predicted octanol–water partition coefficient (Wildman–Crippen LogP) is 18.3. The van der Waals surface area contributed by atoms with Gasteiger partial charge in [0.15, 0.2) is 6.10 Å². The number of ether oxygens (including phenoxy) is 4. The third-order valence-corrected chi connectivity index (χ3v) is 12.0. The minimum Gasteiger partial charge on any atom is -0.477 e. The molecular formula is C70H110NO8+. The van der Waals surface area contributed by atoms with E-state index in [0.717, 1.165) is 128 Å². The number of aliphatic carboxylic acids is 1. The Morgan fingerprint density at radius 3 is 1.04 bits per heavy atom. The van der Waals surface area contributed by atoms with Crippen molar-refractivity contribution in [3.63, 3.8) is 0 Å². The van der Waals surface area contributed by atoms with Crippen molar-refractivity contribution < 1.29 is 42.9 Å². The van der Waals surface area contributed by atoms with Gasteiger partial charge in [-0.2, -0.15) is 0 Å². The normalized spacial score (nSPS) is 14.0. The summed E-state index contributed by atoms with van der Waals surface area (Å²) in [7, 11) is 5.93. The molecule has 2 atom stereocenters. The molecule has 0 saturated carbocycles. The van der Waals surface area contributed by atoms with Crippen LogP contribution in [0.5, 0.6) is 0 Å². The van der Waals surface area contributed by atoms with Crippen molar-refractivity contribution >= 4 is 17.9 Å². The second-order valence-corrected chi connectivity index (χ2v) is 20.5. The van der Waals surface area contributed by atoms with Crippen molar-refractivity contribution in [2.45, 2.75) is 206 Å². The molecule has 0 fully saturated rings. The number of unbranched alkanes of at least 4 members (excludes halogenated alkanes) is 10. The average molecular weight is 1090 g/mol.